The lowest BCUT2D eigenvalue weighted by atomic mass is 10.1. The van der Waals surface area contributed by atoms with Crippen molar-refractivity contribution in [2.24, 2.45) is 0 Å². The molecule has 3 aromatic rings. The predicted octanol–water partition coefficient (Wildman–Crippen LogP) is 1.47. The molecule has 154 valence electrons. The summed E-state index contributed by atoms with van der Waals surface area (Å²) in [6.07, 6.45) is -0.896. The number of para-hydroxylation sites is 2. The maximum Gasteiger partial charge on any atom is 0.336 e. The van der Waals surface area contributed by atoms with Crippen LogP contribution in [0.3, 0.4) is 0 Å². The number of benzene rings is 2. The molecular weight excluding hydrogens is 392 g/mol. The Hall–Kier alpha value is -4.01. The molecule has 1 aromatic heterocycles. The molecule has 0 spiro atoms. The van der Waals surface area contributed by atoms with Gasteiger partial charge in [-0.15, -0.1) is 0 Å². The van der Waals surface area contributed by atoms with Crippen molar-refractivity contribution in [1.29, 1.82) is 0 Å². The Labute approximate surface area is 170 Å². The van der Waals surface area contributed by atoms with Crippen molar-refractivity contribution in [2.75, 3.05) is 13.2 Å². The fraction of sp³-hybridized carbons (Fsp3) is 0.190. The fourth-order valence-electron chi connectivity index (χ4n) is 2.94. The van der Waals surface area contributed by atoms with Gasteiger partial charge < -0.3 is 18.6 Å². The number of aryl methyl sites for hydroxylation is 1. The van der Waals surface area contributed by atoms with Crippen LogP contribution in [0.5, 0.6) is 17.2 Å². The van der Waals surface area contributed by atoms with E-state index in [-0.39, 0.29) is 13.2 Å². The third-order valence-electron chi connectivity index (χ3n) is 4.42. The minimum atomic E-state index is -0.896. The molecule has 0 saturated heterocycles. The lowest BCUT2D eigenvalue weighted by molar-refractivity contribution is -0.135. The molecule has 0 aliphatic carbocycles. The smallest absolute Gasteiger partial charge is 0.336 e. The van der Waals surface area contributed by atoms with Crippen LogP contribution in [0.4, 0.5) is 0 Å². The molecule has 0 unspecified atom stereocenters. The van der Waals surface area contributed by atoms with Crippen LogP contribution in [0.25, 0.3) is 11.0 Å². The van der Waals surface area contributed by atoms with E-state index in [0.717, 1.165) is 10.9 Å². The molecule has 9 nitrogen and oxygen atoms in total. The molecule has 1 aliphatic heterocycles. The second kappa shape index (κ2) is 8.16. The molecule has 1 aliphatic rings. The van der Waals surface area contributed by atoms with Gasteiger partial charge in [0, 0.05) is 17.5 Å². The van der Waals surface area contributed by atoms with E-state index in [9.17, 15) is 14.4 Å². The zero-order valence-corrected chi connectivity index (χ0v) is 16.0. The molecule has 9 heteroatoms. The van der Waals surface area contributed by atoms with Crippen LogP contribution in [0.1, 0.15) is 5.56 Å². The summed E-state index contributed by atoms with van der Waals surface area (Å²) in [5, 5.41) is 0.773. The minimum Gasteiger partial charge on any atom is -0.485 e. The SMILES string of the molecule is Cc1cc(=O)oc2cc(OCC(=O)NNC(=O)[C@H]3COc4ccccc4O3)ccc12. The van der Waals surface area contributed by atoms with Gasteiger partial charge in [0.25, 0.3) is 11.8 Å². The van der Waals surface area contributed by atoms with Crippen LogP contribution in [0, 0.1) is 6.92 Å². The Bertz CT molecular complexity index is 1170. The first-order valence-corrected chi connectivity index (χ1v) is 9.14. The van der Waals surface area contributed by atoms with Gasteiger partial charge in [-0.05, 0) is 36.8 Å². The van der Waals surface area contributed by atoms with Crippen LogP contribution in [-0.4, -0.2) is 31.1 Å². The molecule has 2 aromatic carbocycles. The van der Waals surface area contributed by atoms with E-state index >= 15 is 0 Å². The Balaban J connectivity index is 1.29. The van der Waals surface area contributed by atoms with Gasteiger partial charge in [0.15, 0.2) is 18.1 Å². The van der Waals surface area contributed by atoms with Crippen molar-refractivity contribution in [3.05, 3.63) is 64.5 Å². The number of rotatable bonds is 4. The highest BCUT2D eigenvalue weighted by atomic mass is 16.6. The summed E-state index contributed by atoms with van der Waals surface area (Å²) in [4.78, 5) is 35.7. The number of nitrogens with one attached hydrogen (secondary N) is 2. The van der Waals surface area contributed by atoms with E-state index in [2.05, 4.69) is 10.9 Å². The topological polar surface area (TPSA) is 116 Å². The Kier molecular flexibility index (Phi) is 5.25. The van der Waals surface area contributed by atoms with Gasteiger partial charge in [0.2, 0.25) is 6.10 Å². The second-order valence-electron chi connectivity index (χ2n) is 6.60. The Morgan fingerprint density at radius 2 is 1.90 bits per heavy atom. The highest BCUT2D eigenvalue weighted by Crippen LogP contribution is 2.30. The number of fused-ring (bicyclic) bond motifs is 2. The summed E-state index contributed by atoms with van der Waals surface area (Å²) in [5.74, 6) is 0.225. The molecule has 2 N–H and O–H groups in total. The lowest BCUT2D eigenvalue weighted by Crippen LogP contribution is -2.51. The van der Waals surface area contributed by atoms with Crippen molar-refractivity contribution >= 4 is 22.8 Å². The Morgan fingerprint density at radius 3 is 2.73 bits per heavy atom. The number of carbonyl (C=O) groups is 2. The first kappa shape index (κ1) is 19.3. The largest absolute Gasteiger partial charge is 0.485 e. The van der Waals surface area contributed by atoms with Gasteiger partial charge in [-0.25, -0.2) is 4.79 Å². The van der Waals surface area contributed by atoms with Crippen molar-refractivity contribution in [3.8, 4) is 17.2 Å². The number of amides is 2. The summed E-state index contributed by atoms with van der Waals surface area (Å²) in [5.41, 5.74) is 5.22. The monoisotopic (exact) mass is 410 g/mol. The zero-order chi connectivity index (χ0) is 21.1. The average molecular weight is 410 g/mol. The van der Waals surface area contributed by atoms with Crippen molar-refractivity contribution in [3.63, 3.8) is 0 Å². The van der Waals surface area contributed by atoms with Crippen LogP contribution in [0.15, 0.2) is 57.7 Å². The van der Waals surface area contributed by atoms with E-state index in [4.69, 9.17) is 18.6 Å². The Morgan fingerprint density at radius 1 is 1.10 bits per heavy atom. The quantitative estimate of drug-likeness (QED) is 0.494. The van der Waals surface area contributed by atoms with E-state index in [1.165, 1.54) is 12.1 Å². The first-order chi connectivity index (χ1) is 14.5. The molecule has 0 radical (unpaired) electrons. The second-order valence-corrected chi connectivity index (χ2v) is 6.60. The standard InChI is InChI=1S/C21H18N2O7/c1-12-8-20(25)30-17-9-13(6-7-14(12)17)27-11-19(24)22-23-21(26)18-10-28-15-4-2-3-5-16(15)29-18/h2-9,18H,10-11H2,1H3,(H,22,24)(H,23,26)/t18-/m1/s1. The van der Waals surface area contributed by atoms with Gasteiger partial charge in [-0.2, -0.15) is 0 Å². The van der Waals surface area contributed by atoms with Crippen LogP contribution in [0.2, 0.25) is 0 Å². The molecule has 1 atom stereocenters. The summed E-state index contributed by atoms with van der Waals surface area (Å²) in [6.45, 7) is 1.47. The highest BCUT2D eigenvalue weighted by Gasteiger charge is 2.27. The van der Waals surface area contributed by atoms with E-state index in [0.29, 0.717) is 22.8 Å². The first-order valence-electron chi connectivity index (χ1n) is 9.14. The number of ether oxygens (including phenoxy) is 3. The third-order valence-corrected chi connectivity index (χ3v) is 4.42. The minimum absolute atomic E-state index is 0.0247. The molecule has 30 heavy (non-hydrogen) atoms. The van der Waals surface area contributed by atoms with E-state index in [1.54, 1.807) is 43.3 Å². The summed E-state index contributed by atoms with van der Waals surface area (Å²) in [7, 11) is 0. The molecule has 4 rings (SSSR count). The van der Waals surface area contributed by atoms with Crippen molar-refractivity contribution < 1.29 is 28.2 Å². The van der Waals surface area contributed by atoms with Gasteiger partial charge in [0.1, 0.15) is 17.9 Å². The highest BCUT2D eigenvalue weighted by molar-refractivity contribution is 5.86. The molecule has 0 bridgehead atoms. The molecular formula is C21H18N2O7. The maximum absolute atomic E-state index is 12.2. The zero-order valence-electron chi connectivity index (χ0n) is 16.0. The van der Waals surface area contributed by atoms with Gasteiger partial charge >= 0.3 is 5.63 Å². The third kappa shape index (κ3) is 4.19. The lowest BCUT2D eigenvalue weighted by Gasteiger charge is -2.25. The number of hydrogen-bond acceptors (Lipinski definition) is 7. The molecule has 0 saturated carbocycles. The molecule has 2 heterocycles. The summed E-state index contributed by atoms with van der Waals surface area (Å²) in [6, 6.07) is 13.3. The molecule has 0 fully saturated rings. The van der Waals surface area contributed by atoms with Gasteiger partial charge in [0.05, 0.1) is 0 Å². The van der Waals surface area contributed by atoms with E-state index in [1.807, 2.05) is 0 Å². The van der Waals surface area contributed by atoms with Crippen molar-refractivity contribution in [2.45, 2.75) is 13.0 Å². The normalized spacial score (nSPS) is 14.8. The number of carbonyl (C=O) groups excluding carboxylic acids is 2. The summed E-state index contributed by atoms with van der Waals surface area (Å²) < 4.78 is 21.6. The van der Waals surface area contributed by atoms with Crippen molar-refractivity contribution in [1.82, 2.24) is 10.9 Å². The van der Waals surface area contributed by atoms with Gasteiger partial charge in [-0.1, -0.05) is 12.1 Å². The fourth-order valence-corrected chi connectivity index (χ4v) is 2.94. The van der Waals surface area contributed by atoms with Crippen LogP contribution < -0.4 is 30.7 Å². The average Bonchev–Trinajstić information content (AvgIpc) is 2.75. The van der Waals surface area contributed by atoms with Gasteiger partial charge in [-0.3, -0.25) is 20.4 Å². The van der Waals surface area contributed by atoms with E-state index < -0.39 is 23.5 Å². The summed E-state index contributed by atoms with van der Waals surface area (Å²) >= 11 is 0. The van der Waals surface area contributed by atoms with Crippen LogP contribution >= 0.6 is 0 Å². The molecule has 2 amide bonds. The van der Waals surface area contributed by atoms with Crippen LogP contribution in [-0.2, 0) is 9.59 Å². The predicted molar refractivity (Wildman–Crippen MR) is 105 cm³/mol. The number of hydrogen-bond donors (Lipinski definition) is 2. The maximum atomic E-state index is 12.2. The number of hydrazine groups is 1.